The Balaban J connectivity index is 1.96. The first-order valence-corrected chi connectivity index (χ1v) is 10.5. The van der Waals surface area contributed by atoms with Crippen LogP contribution in [-0.2, 0) is 9.73 Å². The molecule has 0 aliphatic heterocycles. The van der Waals surface area contributed by atoms with Crippen molar-refractivity contribution in [1.29, 1.82) is 0 Å². The number of halogens is 1. The standard InChI is InChI=1S/C21H14ClNO3S/c1-27(26,13-7-3-2-4-8-13)23-17-12-6-10-15-19(17)21(25)14-9-5-11-16(22)18(14)20(15)24/h2-12H,1H3. The summed E-state index contributed by atoms with van der Waals surface area (Å²) >= 11 is 6.15. The third-order valence-electron chi connectivity index (χ3n) is 4.45. The normalized spacial score (nSPS) is 14.9. The van der Waals surface area contributed by atoms with Crippen LogP contribution in [0.3, 0.4) is 0 Å². The van der Waals surface area contributed by atoms with Gasteiger partial charge in [0.1, 0.15) is 0 Å². The summed E-state index contributed by atoms with van der Waals surface area (Å²) in [5, 5.41) is 0.238. The van der Waals surface area contributed by atoms with E-state index in [4.69, 9.17) is 11.6 Å². The Morgan fingerprint density at radius 2 is 1.37 bits per heavy atom. The minimum absolute atomic E-state index is 0.169. The van der Waals surface area contributed by atoms with Gasteiger partial charge in [-0.2, -0.15) is 4.36 Å². The number of hydrogen-bond acceptors (Lipinski definition) is 4. The lowest BCUT2D eigenvalue weighted by molar-refractivity contribution is 0.0979. The summed E-state index contributed by atoms with van der Waals surface area (Å²) in [7, 11) is -2.79. The Bertz CT molecular complexity index is 1230. The average molecular weight is 396 g/mol. The summed E-state index contributed by atoms with van der Waals surface area (Å²) in [4.78, 5) is 26.6. The van der Waals surface area contributed by atoms with E-state index in [-0.39, 0.29) is 44.5 Å². The maximum Gasteiger partial charge on any atom is 0.196 e. The number of ketones is 2. The molecule has 1 atom stereocenters. The highest BCUT2D eigenvalue weighted by Crippen LogP contribution is 2.36. The lowest BCUT2D eigenvalue weighted by atomic mass is 9.83. The fourth-order valence-electron chi connectivity index (χ4n) is 3.17. The van der Waals surface area contributed by atoms with Crippen LogP contribution in [0.1, 0.15) is 31.8 Å². The Morgan fingerprint density at radius 1 is 0.778 bits per heavy atom. The molecule has 0 aromatic heterocycles. The van der Waals surface area contributed by atoms with Gasteiger partial charge < -0.3 is 0 Å². The Morgan fingerprint density at radius 3 is 2.07 bits per heavy atom. The molecule has 1 aliphatic carbocycles. The van der Waals surface area contributed by atoms with Crippen molar-refractivity contribution in [2.45, 2.75) is 4.90 Å². The molecule has 0 N–H and O–H groups in total. The molecule has 3 aromatic rings. The van der Waals surface area contributed by atoms with E-state index in [9.17, 15) is 13.8 Å². The lowest BCUT2D eigenvalue weighted by Crippen LogP contribution is -2.21. The molecule has 0 heterocycles. The zero-order chi connectivity index (χ0) is 19.2. The Hall–Kier alpha value is -2.76. The quantitative estimate of drug-likeness (QED) is 0.484. The molecule has 0 bridgehead atoms. The highest BCUT2D eigenvalue weighted by atomic mass is 35.5. The second-order valence-electron chi connectivity index (χ2n) is 6.23. The summed E-state index contributed by atoms with van der Waals surface area (Å²) in [6, 6.07) is 18.4. The van der Waals surface area contributed by atoms with Crippen LogP contribution in [0.4, 0.5) is 5.69 Å². The Kier molecular flexibility index (Phi) is 4.21. The SMILES string of the molecule is CS(=O)(=Nc1cccc2c1C(=O)c1cccc(Cl)c1C2=O)c1ccccc1. The molecule has 0 radical (unpaired) electrons. The molecule has 0 amide bonds. The van der Waals surface area contributed by atoms with Crippen molar-refractivity contribution in [2.75, 3.05) is 6.26 Å². The number of carbonyl (C=O) groups is 2. The van der Waals surface area contributed by atoms with Gasteiger partial charge in [-0.1, -0.05) is 54.1 Å². The summed E-state index contributed by atoms with van der Waals surface area (Å²) in [6.07, 6.45) is 1.52. The number of nitrogens with zero attached hydrogens (tertiary/aromatic N) is 1. The number of hydrogen-bond donors (Lipinski definition) is 0. The van der Waals surface area contributed by atoms with Crippen LogP contribution in [0.15, 0.2) is 76.0 Å². The van der Waals surface area contributed by atoms with Gasteiger partial charge in [0.15, 0.2) is 11.6 Å². The van der Waals surface area contributed by atoms with Gasteiger partial charge in [0, 0.05) is 22.3 Å². The van der Waals surface area contributed by atoms with E-state index in [2.05, 4.69) is 4.36 Å². The van der Waals surface area contributed by atoms with Crippen molar-refractivity contribution < 1.29 is 13.8 Å². The van der Waals surface area contributed by atoms with Gasteiger partial charge in [-0.05, 0) is 24.3 Å². The molecule has 134 valence electrons. The molecule has 3 aromatic carbocycles. The molecule has 0 saturated carbocycles. The number of carbonyl (C=O) groups excluding carboxylic acids is 2. The fourth-order valence-corrected chi connectivity index (χ4v) is 4.73. The van der Waals surface area contributed by atoms with Crippen molar-refractivity contribution in [1.82, 2.24) is 0 Å². The number of rotatable bonds is 2. The maximum atomic E-state index is 13.1. The molecule has 4 rings (SSSR count). The van der Waals surface area contributed by atoms with E-state index in [0.29, 0.717) is 4.90 Å². The van der Waals surface area contributed by atoms with Crippen LogP contribution >= 0.6 is 11.6 Å². The third-order valence-corrected chi connectivity index (χ3v) is 6.46. The predicted octanol–water partition coefficient (Wildman–Crippen LogP) is 4.90. The molecular formula is C21H14ClNO3S. The van der Waals surface area contributed by atoms with Gasteiger partial charge in [0.05, 0.1) is 31.6 Å². The highest BCUT2D eigenvalue weighted by Gasteiger charge is 2.33. The average Bonchev–Trinajstić information content (AvgIpc) is 2.66. The zero-order valence-electron chi connectivity index (χ0n) is 14.3. The minimum atomic E-state index is -2.79. The summed E-state index contributed by atoms with van der Waals surface area (Å²) in [5.74, 6) is -0.672. The molecule has 4 nitrogen and oxygen atoms in total. The van der Waals surface area contributed by atoms with Crippen molar-refractivity contribution in [3.05, 3.63) is 94.0 Å². The lowest BCUT2D eigenvalue weighted by Gasteiger charge is -2.19. The van der Waals surface area contributed by atoms with Gasteiger partial charge in [0.25, 0.3) is 0 Å². The zero-order valence-corrected chi connectivity index (χ0v) is 15.9. The predicted molar refractivity (Wildman–Crippen MR) is 106 cm³/mol. The Labute approximate surface area is 162 Å². The van der Waals surface area contributed by atoms with Gasteiger partial charge >= 0.3 is 0 Å². The van der Waals surface area contributed by atoms with Gasteiger partial charge in [-0.25, -0.2) is 4.21 Å². The van der Waals surface area contributed by atoms with Gasteiger partial charge in [-0.15, -0.1) is 0 Å². The van der Waals surface area contributed by atoms with E-state index in [1.54, 1.807) is 60.7 Å². The molecule has 1 unspecified atom stereocenters. The van der Waals surface area contributed by atoms with Gasteiger partial charge in [0.2, 0.25) is 0 Å². The van der Waals surface area contributed by atoms with Crippen LogP contribution in [0.2, 0.25) is 5.02 Å². The van der Waals surface area contributed by atoms with Crippen molar-refractivity contribution in [3.8, 4) is 0 Å². The van der Waals surface area contributed by atoms with E-state index in [0.717, 1.165) is 0 Å². The first kappa shape index (κ1) is 17.6. The summed E-state index contributed by atoms with van der Waals surface area (Å²) in [6.45, 7) is 0. The van der Waals surface area contributed by atoms with Crippen molar-refractivity contribution in [2.24, 2.45) is 4.36 Å². The molecule has 6 heteroatoms. The minimum Gasteiger partial charge on any atom is -0.289 e. The van der Waals surface area contributed by atoms with E-state index < -0.39 is 9.73 Å². The third kappa shape index (κ3) is 2.89. The van der Waals surface area contributed by atoms with E-state index in [1.165, 1.54) is 6.26 Å². The second kappa shape index (κ2) is 6.44. The fraction of sp³-hybridized carbons (Fsp3) is 0.0476. The van der Waals surface area contributed by atoms with Crippen LogP contribution in [0, 0.1) is 0 Å². The van der Waals surface area contributed by atoms with E-state index >= 15 is 0 Å². The molecule has 1 aliphatic rings. The molecule has 0 spiro atoms. The molecule has 0 saturated heterocycles. The highest BCUT2D eigenvalue weighted by molar-refractivity contribution is 7.93. The van der Waals surface area contributed by atoms with Crippen molar-refractivity contribution in [3.63, 3.8) is 0 Å². The molecule has 27 heavy (non-hydrogen) atoms. The first-order chi connectivity index (χ1) is 12.9. The first-order valence-electron chi connectivity index (χ1n) is 8.18. The van der Waals surface area contributed by atoms with Gasteiger partial charge in [-0.3, -0.25) is 9.59 Å². The monoisotopic (exact) mass is 395 g/mol. The van der Waals surface area contributed by atoms with E-state index in [1.807, 2.05) is 6.07 Å². The molecular weight excluding hydrogens is 382 g/mol. The largest absolute Gasteiger partial charge is 0.289 e. The smallest absolute Gasteiger partial charge is 0.196 e. The number of benzene rings is 3. The summed E-state index contributed by atoms with van der Waals surface area (Å²) < 4.78 is 17.5. The number of fused-ring (bicyclic) bond motifs is 2. The van der Waals surface area contributed by atoms with Crippen LogP contribution < -0.4 is 0 Å². The molecule has 0 fully saturated rings. The van der Waals surface area contributed by atoms with Crippen LogP contribution in [-0.4, -0.2) is 22.0 Å². The topological polar surface area (TPSA) is 63.6 Å². The maximum absolute atomic E-state index is 13.1. The van der Waals surface area contributed by atoms with Crippen molar-refractivity contribution >= 4 is 38.6 Å². The van der Waals surface area contributed by atoms with Crippen LogP contribution in [0.25, 0.3) is 0 Å². The summed E-state index contributed by atoms with van der Waals surface area (Å²) in [5.41, 5.74) is 1.08. The van der Waals surface area contributed by atoms with Crippen LogP contribution in [0.5, 0.6) is 0 Å². The second-order valence-corrected chi connectivity index (χ2v) is 8.89.